The van der Waals surface area contributed by atoms with Gasteiger partial charge in [0.05, 0.1) is 10.4 Å². The topological polar surface area (TPSA) is 72.1 Å². The van der Waals surface area contributed by atoms with E-state index >= 15 is 0 Å². The molecular weight excluding hydrogens is 313 g/mol. The predicted octanol–water partition coefficient (Wildman–Crippen LogP) is 2.75. The molecule has 0 spiro atoms. The SMILES string of the molecule is O=S(=O)(Cl)c1cc(OC(F)F)c2nc(Cl)[nH]c2c1. The van der Waals surface area contributed by atoms with Gasteiger partial charge in [0.2, 0.25) is 5.28 Å². The van der Waals surface area contributed by atoms with Crippen molar-refractivity contribution in [3.63, 3.8) is 0 Å². The lowest BCUT2D eigenvalue weighted by molar-refractivity contribution is -0.0490. The van der Waals surface area contributed by atoms with Crippen molar-refractivity contribution in [1.29, 1.82) is 0 Å². The number of hydrogen-bond donors (Lipinski definition) is 1. The minimum absolute atomic E-state index is 0.00985. The number of fused-ring (bicyclic) bond motifs is 1. The summed E-state index contributed by atoms with van der Waals surface area (Å²) in [6, 6.07) is 1.98. The summed E-state index contributed by atoms with van der Waals surface area (Å²) in [6.07, 6.45) is 0. The highest BCUT2D eigenvalue weighted by atomic mass is 35.7. The number of alkyl halides is 2. The predicted molar refractivity (Wildman–Crippen MR) is 60.8 cm³/mol. The molecule has 18 heavy (non-hydrogen) atoms. The first-order valence-corrected chi connectivity index (χ1v) is 7.05. The molecule has 10 heteroatoms. The van der Waals surface area contributed by atoms with Crippen LogP contribution in [0, 0.1) is 0 Å². The van der Waals surface area contributed by atoms with E-state index in [1.165, 1.54) is 0 Å². The molecule has 0 amide bonds. The number of ether oxygens (including phenoxy) is 1. The minimum Gasteiger partial charge on any atom is -0.432 e. The number of H-pyrrole nitrogens is 1. The molecule has 2 aromatic rings. The molecule has 1 aromatic carbocycles. The lowest BCUT2D eigenvalue weighted by atomic mass is 10.3. The van der Waals surface area contributed by atoms with Gasteiger partial charge < -0.3 is 9.72 Å². The third-order valence-electron chi connectivity index (χ3n) is 1.99. The molecule has 0 aliphatic carbocycles. The number of nitrogens with zero attached hydrogens (tertiary/aromatic N) is 1. The van der Waals surface area contributed by atoms with Gasteiger partial charge in [-0.1, -0.05) is 0 Å². The molecular formula is C8H4Cl2F2N2O3S. The minimum atomic E-state index is -4.09. The standard InChI is InChI=1S/C8H4Cl2F2N2O3S/c9-7-13-4-1-3(18(10,15)16)2-5(6(4)14-7)17-8(11)12/h1-2,8H,(H,13,14). The molecule has 0 bridgehead atoms. The number of benzene rings is 1. The van der Waals surface area contributed by atoms with Crippen molar-refractivity contribution in [2.45, 2.75) is 11.5 Å². The summed E-state index contributed by atoms with van der Waals surface area (Å²) in [7, 11) is 1.05. The van der Waals surface area contributed by atoms with Gasteiger partial charge in [-0.05, 0) is 17.7 Å². The lowest BCUT2D eigenvalue weighted by Crippen LogP contribution is -2.03. The molecule has 0 aliphatic heterocycles. The van der Waals surface area contributed by atoms with Crippen LogP contribution in [0.3, 0.4) is 0 Å². The molecule has 0 radical (unpaired) electrons. The highest BCUT2D eigenvalue weighted by molar-refractivity contribution is 8.13. The number of aromatic amines is 1. The fourth-order valence-corrected chi connectivity index (χ4v) is 2.32. The molecule has 98 valence electrons. The molecule has 1 heterocycles. The third-order valence-corrected chi connectivity index (χ3v) is 3.51. The molecule has 5 nitrogen and oxygen atoms in total. The van der Waals surface area contributed by atoms with Crippen LogP contribution >= 0.6 is 22.3 Å². The van der Waals surface area contributed by atoms with Crippen LogP contribution < -0.4 is 4.74 Å². The summed E-state index contributed by atoms with van der Waals surface area (Å²) in [6.45, 7) is -3.13. The summed E-state index contributed by atoms with van der Waals surface area (Å²) in [5, 5.41) is -0.0896. The monoisotopic (exact) mass is 316 g/mol. The average molecular weight is 317 g/mol. The van der Waals surface area contributed by atoms with Crippen molar-refractivity contribution in [1.82, 2.24) is 9.97 Å². The first-order chi connectivity index (χ1) is 8.27. The van der Waals surface area contributed by atoms with Gasteiger partial charge in [-0.25, -0.2) is 13.4 Å². The fraction of sp³-hybridized carbons (Fsp3) is 0.125. The number of aromatic nitrogens is 2. The van der Waals surface area contributed by atoms with Crippen molar-refractivity contribution in [2.24, 2.45) is 0 Å². The van der Waals surface area contributed by atoms with Crippen LogP contribution in [0.25, 0.3) is 11.0 Å². The second kappa shape index (κ2) is 4.52. The Balaban J connectivity index is 2.72. The van der Waals surface area contributed by atoms with Crippen LogP contribution in [0.5, 0.6) is 5.75 Å². The summed E-state index contributed by atoms with van der Waals surface area (Å²) in [4.78, 5) is 5.80. The number of nitrogens with one attached hydrogen (secondary N) is 1. The van der Waals surface area contributed by atoms with E-state index in [-0.39, 0.29) is 16.3 Å². The van der Waals surface area contributed by atoms with E-state index in [1.54, 1.807) is 0 Å². The maximum atomic E-state index is 12.2. The summed E-state index contributed by atoms with van der Waals surface area (Å²) in [5.41, 5.74) is 0.113. The Kier molecular flexibility index (Phi) is 3.35. The Morgan fingerprint density at radius 2 is 2.06 bits per heavy atom. The van der Waals surface area contributed by atoms with E-state index in [0.29, 0.717) is 0 Å². The zero-order valence-corrected chi connectivity index (χ0v) is 10.7. The third kappa shape index (κ3) is 2.65. The highest BCUT2D eigenvalue weighted by Crippen LogP contribution is 2.31. The van der Waals surface area contributed by atoms with Crippen LogP contribution in [0.2, 0.25) is 5.28 Å². The highest BCUT2D eigenvalue weighted by Gasteiger charge is 2.19. The van der Waals surface area contributed by atoms with Crippen molar-refractivity contribution in [3.05, 3.63) is 17.4 Å². The normalized spacial score (nSPS) is 12.3. The van der Waals surface area contributed by atoms with E-state index in [1.807, 2.05) is 0 Å². The Morgan fingerprint density at radius 3 is 2.61 bits per heavy atom. The zero-order valence-electron chi connectivity index (χ0n) is 8.32. The van der Waals surface area contributed by atoms with Crippen LogP contribution in [-0.2, 0) is 9.05 Å². The van der Waals surface area contributed by atoms with E-state index in [2.05, 4.69) is 14.7 Å². The molecule has 2 rings (SSSR count). The summed E-state index contributed by atoms with van der Waals surface area (Å²) >= 11 is 5.57. The number of rotatable bonds is 3. The molecule has 0 unspecified atom stereocenters. The van der Waals surface area contributed by atoms with Gasteiger partial charge in [0.15, 0.2) is 5.75 Å². The van der Waals surface area contributed by atoms with Gasteiger partial charge in [0.25, 0.3) is 9.05 Å². The molecule has 0 fully saturated rings. The van der Waals surface area contributed by atoms with E-state index in [4.69, 9.17) is 22.3 Å². The van der Waals surface area contributed by atoms with Crippen LogP contribution in [0.15, 0.2) is 17.0 Å². The molecule has 0 aliphatic rings. The number of halogens is 4. The number of hydrogen-bond acceptors (Lipinski definition) is 4. The zero-order chi connectivity index (χ0) is 13.5. The Labute approximate surface area is 109 Å². The quantitative estimate of drug-likeness (QED) is 0.884. The maximum absolute atomic E-state index is 12.2. The van der Waals surface area contributed by atoms with Crippen molar-refractivity contribution < 1.29 is 21.9 Å². The number of imidazole rings is 1. The van der Waals surface area contributed by atoms with Gasteiger partial charge in [-0.3, -0.25) is 0 Å². The Hall–Kier alpha value is -1.12. The van der Waals surface area contributed by atoms with Crippen molar-refractivity contribution in [2.75, 3.05) is 0 Å². The second-order valence-corrected chi connectivity index (χ2v) is 6.09. The Bertz CT molecular complexity index is 702. The van der Waals surface area contributed by atoms with Crippen molar-refractivity contribution in [3.8, 4) is 5.75 Å². The van der Waals surface area contributed by atoms with Crippen molar-refractivity contribution >= 4 is 42.4 Å². The smallest absolute Gasteiger partial charge is 0.387 e. The van der Waals surface area contributed by atoms with Crippen LogP contribution in [-0.4, -0.2) is 25.0 Å². The lowest BCUT2D eigenvalue weighted by Gasteiger charge is -2.06. The molecule has 0 saturated heterocycles. The second-order valence-electron chi connectivity index (χ2n) is 3.16. The first-order valence-electron chi connectivity index (χ1n) is 4.36. The van der Waals surface area contributed by atoms with Gasteiger partial charge >= 0.3 is 6.61 Å². The Morgan fingerprint density at radius 1 is 1.39 bits per heavy atom. The summed E-state index contributed by atoms with van der Waals surface area (Å²) in [5.74, 6) is -0.426. The molecule has 0 saturated carbocycles. The average Bonchev–Trinajstić information content (AvgIpc) is 2.56. The van der Waals surface area contributed by atoms with Gasteiger partial charge in [-0.15, -0.1) is 0 Å². The van der Waals surface area contributed by atoms with E-state index in [0.717, 1.165) is 12.1 Å². The summed E-state index contributed by atoms with van der Waals surface area (Å²) < 4.78 is 50.9. The fourth-order valence-electron chi connectivity index (χ4n) is 1.36. The van der Waals surface area contributed by atoms with Gasteiger partial charge in [0, 0.05) is 16.7 Å². The largest absolute Gasteiger partial charge is 0.432 e. The molecule has 0 atom stereocenters. The maximum Gasteiger partial charge on any atom is 0.387 e. The molecule has 1 N–H and O–H groups in total. The first kappa shape index (κ1) is 13.3. The van der Waals surface area contributed by atoms with E-state index < -0.39 is 26.3 Å². The molecule has 1 aromatic heterocycles. The van der Waals surface area contributed by atoms with Gasteiger partial charge in [-0.2, -0.15) is 8.78 Å². The van der Waals surface area contributed by atoms with Gasteiger partial charge in [0.1, 0.15) is 5.52 Å². The van der Waals surface area contributed by atoms with Crippen LogP contribution in [0.1, 0.15) is 0 Å². The van der Waals surface area contributed by atoms with Crippen LogP contribution in [0.4, 0.5) is 8.78 Å². The van der Waals surface area contributed by atoms with E-state index in [9.17, 15) is 17.2 Å².